The summed E-state index contributed by atoms with van der Waals surface area (Å²) < 4.78 is 5.36. The van der Waals surface area contributed by atoms with Crippen molar-refractivity contribution in [1.29, 1.82) is 0 Å². The van der Waals surface area contributed by atoms with Crippen LogP contribution in [0.4, 0.5) is 0 Å². The number of hydrogen-bond acceptors (Lipinski definition) is 7. The Labute approximate surface area is 172 Å². The van der Waals surface area contributed by atoms with E-state index in [1.807, 2.05) is 43.3 Å². The number of carbonyl (C=O) groups is 1. The second-order valence-corrected chi connectivity index (χ2v) is 7.52. The number of rotatable bonds is 3. The number of aryl methyl sites for hydroxylation is 1. The number of hydrogen-bond donors (Lipinski definition) is 1. The molecule has 1 aliphatic heterocycles. The minimum atomic E-state index is -1.66. The third kappa shape index (κ3) is 2.84. The van der Waals surface area contributed by atoms with E-state index in [1.54, 1.807) is 13.1 Å². The predicted octanol–water partition coefficient (Wildman–Crippen LogP) is 2.70. The van der Waals surface area contributed by atoms with Crippen molar-refractivity contribution in [3.05, 3.63) is 60.2 Å². The Hall–Kier alpha value is -3.65. The maximum absolute atomic E-state index is 12.3. The second kappa shape index (κ2) is 6.70. The average molecular weight is 401 g/mol. The molecule has 1 unspecified atom stereocenters. The Morgan fingerprint density at radius 1 is 1.10 bits per heavy atom. The third-order valence-corrected chi connectivity index (χ3v) is 5.55. The smallest absolute Gasteiger partial charge is 0.262 e. The van der Waals surface area contributed by atoms with Gasteiger partial charge in [0, 0.05) is 37.2 Å². The molecule has 4 heterocycles. The van der Waals surface area contributed by atoms with Crippen LogP contribution in [0.15, 0.2) is 53.3 Å². The molecule has 0 spiro atoms. The van der Waals surface area contributed by atoms with Crippen molar-refractivity contribution in [1.82, 2.24) is 25.0 Å². The van der Waals surface area contributed by atoms with Crippen molar-refractivity contribution in [2.45, 2.75) is 18.9 Å². The number of amides is 1. The predicted molar refractivity (Wildman–Crippen MR) is 109 cm³/mol. The lowest BCUT2D eigenvalue weighted by Gasteiger charge is -2.16. The number of likely N-dealkylation sites (N-methyl/N-ethyl adjacent to an activating group) is 1. The molecular formula is C22H19N5O3. The summed E-state index contributed by atoms with van der Waals surface area (Å²) in [7, 11) is 1.66. The number of aromatic nitrogens is 4. The molecule has 0 saturated carbocycles. The Morgan fingerprint density at radius 2 is 1.90 bits per heavy atom. The van der Waals surface area contributed by atoms with E-state index in [1.165, 1.54) is 11.2 Å². The first kappa shape index (κ1) is 18.4. The summed E-state index contributed by atoms with van der Waals surface area (Å²) in [5.41, 5.74) is 3.75. The minimum Gasteiger partial charge on any atom is -0.373 e. The largest absolute Gasteiger partial charge is 0.373 e. The quantitative estimate of drug-likeness (QED) is 0.563. The highest BCUT2D eigenvalue weighted by Crippen LogP contribution is 2.35. The standard InChI is InChI=1S/C22H19N5O3/c1-13-20-17(24-12-23-13)7-6-16(25-20)14-4-3-5-15(10-14)18-11-19(30-26-18)22(29)8-9-27(2)21(22)28/h3-7,10-12,29H,8-9H2,1-2H3. The van der Waals surface area contributed by atoms with Crippen LogP contribution in [0.1, 0.15) is 17.9 Å². The van der Waals surface area contributed by atoms with Crippen LogP contribution in [0, 0.1) is 6.92 Å². The maximum Gasteiger partial charge on any atom is 0.262 e. The van der Waals surface area contributed by atoms with Gasteiger partial charge in [-0.05, 0) is 25.1 Å². The van der Waals surface area contributed by atoms with Crippen molar-refractivity contribution < 1.29 is 14.4 Å². The number of aliphatic hydroxyl groups is 1. The van der Waals surface area contributed by atoms with Gasteiger partial charge in [0.15, 0.2) is 5.76 Å². The molecule has 8 heteroatoms. The summed E-state index contributed by atoms with van der Waals surface area (Å²) in [6.07, 6.45) is 1.81. The first-order valence-corrected chi connectivity index (χ1v) is 9.60. The normalized spacial score (nSPS) is 19.0. The lowest BCUT2D eigenvalue weighted by Crippen LogP contribution is -2.35. The van der Waals surface area contributed by atoms with Gasteiger partial charge in [0.25, 0.3) is 5.91 Å². The molecule has 5 rings (SSSR count). The Balaban J connectivity index is 1.51. The fraction of sp³-hybridized carbons (Fsp3) is 0.227. The van der Waals surface area contributed by atoms with Gasteiger partial charge in [0.05, 0.1) is 16.9 Å². The van der Waals surface area contributed by atoms with Crippen LogP contribution in [0.2, 0.25) is 0 Å². The fourth-order valence-electron chi connectivity index (χ4n) is 3.75. The number of carbonyl (C=O) groups excluding carboxylic acids is 1. The number of pyridine rings is 1. The topological polar surface area (TPSA) is 105 Å². The van der Waals surface area contributed by atoms with Crippen LogP contribution >= 0.6 is 0 Å². The molecule has 1 atom stereocenters. The van der Waals surface area contributed by atoms with Crippen LogP contribution in [0.25, 0.3) is 33.5 Å². The van der Waals surface area contributed by atoms with Crippen molar-refractivity contribution in [3.8, 4) is 22.5 Å². The van der Waals surface area contributed by atoms with Crippen LogP contribution in [-0.2, 0) is 10.4 Å². The van der Waals surface area contributed by atoms with Gasteiger partial charge in [0.2, 0.25) is 5.60 Å². The summed E-state index contributed by atoms with van der Waals surface area (Å²) in [4.78, 5) is 27.0. The maximum atomic E-state index is 12.3. The zero-order chi connectivity index (χ0) is 20.9. The monoisotopic (exact) mass is 401 g/mol. The molecule has 1 aromatic carbocycles. The van der Waals surface area contributed by atoms with Crippen LogP contribution < -0.4 is 0 Å². The SMILES string of the molecule is Cc1ncnc2ccc(-c3cccc(-c4cc(C5(O)CCN(C)C5=O)on4)c3)nc12. The molecule has 1 N–H and O–H groups in total. The van der Waals surface area contributed by atoms with E-state index in [4.69, 9.17) is 9.51 Å². The number of fused-ring (bicyclic) bond motifs is 1. The average Bonchev–Trinajstić information content (AvgIpc) is 3.37. The molecule has 8 nitrogen and oxygen atoms in total. The van der Waals surface area contributed by atoms with Crippen molar-refractivity contribution in [3.63, 3.8) is 0 Å². The van der Waals surface area contributed by atoms with Crippen LogP contribution in [-0.4, -0.2) is 49.6 Å². The van der Waals surface area contributed by atoms with Gasteiger partial charge in [-0.25, -0.2) is 15.0 Å². The second-order valence-electron chi connectivity index (χ2n) is 7.52. The van der Waals surface area contributed by atoms with E-state index in [-0.39, 0.29) is 18.1 Å². The highest BCUT2D eigenvalue weighted by Gasteiger charge is 2.48. The van der Waals surface area contributed by atoms with Crippen molar-refractivity contribution in [2.75, 3.05) is 13.6 Å². The molecule has 4 aromatic rings. The van der Waals surface area contributed by atoms with E-state index in [9.17, 15) is 9.90 Å². The van der Waals surface area contributed by atoms with E-state index >= 15 is 0 Å². The van der Waals surface area contributed by atoms with Crippen molar-refractivity contribution in [2.24, 2.45) is 0 Å². The summed E-state index contributed by atoms with van der Waals surface area (Å²) in [5.74, 6) is -0.217. The molecule has 150 valence electrons. The summed E-state index contributed by atoms with van der Waals surface area (Å²) in [6, 6.07) is 13.2. The molecule has 3 aromatic heterocycles. The van der Waals surface area contributed by atoms with Crippen LogP contribution in [0.3, 0.4) is 0 Å². The lowest BCUT2D eigenvalue weighted by molar-refractivity contribution is -0.144. The summed E-state index contributed by atoms with van der Waals surface area (Å²) in [5, 5.41) is 14.9. The van der Waals surface area contributed by atoms with Gasteiger partial charge in [-0.2, -0.15) is 0 Å². The number of benzene rings is 1. The van der Waals surface area contributed by atoms with E-state index < -0.39 is 5.60 Å². The Morgan fingerprint density at radius 3 is 2.67 bits per heavy atom. The molecule has 0 radical (unpaired) electrons. The zero-order valence-electron chi connectivity index (χ0n) is 16.5. The Kier molecular flexibility index (Phi) is 4.11. The first-order chi connectivity index (χ1) is 14.5. The van der Waals surface area contributed by atoms with Gasteiger partial charge in [-0.3, -0.25) is 4.79 Å². The summed E-state index contributed by atoms with van der Waals surface area (Å²) in [6.45, 7) is 2.37. The Bertz CT molecular complexity index is 1280. The highest BCUT2D eigenvalue weighted by atomic mass is 16.5. The van der Waals surface area contributed by atoms with E-state index in [2.05, 4.69) is 15.1 Å². The highest BCUT2D eigenvalue weighted by molar-refractivity contribution is 5.88. The molecule has 1 amide bonds. The minimum absolute atomic E-state index is 0.161. The van der Waals surface area contributed by atoms with E-state index in [0.29, 0.717) is 12.2 Å². The molecule has 0 aliphatic carbocycles. The fourth-order valence-corrected chi connectivity index (χ4v) is 3.75. The van der Waals surface area contributed by atoms with Crippen LogP contribution in [0.5, 0.6) is 0 Å². The van der Waals surface area contributed by atoms with Gasteiger partial charge >= 0.3 is 0 Å². The zero-order valence-corrected chi connectivity index (χ0v) is 16.5. The number of likely N-dealkylation sites (tertiary alicyclic amines) is 1. The molecule has 0 bridgehead atoms. The number of nitrogens with zero attached hydrogens (tertiary/aromatic N) is 5. The molecule has 1 saturated heterocycles. The lowest BCUT2D eigenvalue weighted by atomic mass is 9.97. The first-order valence-electron chi connectivity index (χ1n) is 9.60. The molecule has 1 fully saturated rings. The van der Waals surface area contributed by atoms with Gasteiger partial charge in [0.1, 0.15) is 17.5 Å². The van der Waals surface area contributed by atoms with Gasteiger partial charge < -0.3 is 14.5 Å². The molecule has 30 heavy (non-hydrogen) atoms. The van der Waals surface area contributed by atoms with E-state index in [0.717, 1.165) is 33.5 Å². The van der Waals surface area contributed by atoms with Gasteiger partial charge in [-0.1, -0.05) is 23.4 Å². The third-order valence-electron chi connectivity index (χ3n) is 5.55. The van der Waals surface area contributed by atoms with Crippen molar-refractivity contribution >= 4 is 16.9 Å². The molecule has 1 aliphatic rings. The summed E-state index contributed by atoms with van der Waals surface area (Å²) >= 11 is 0. The molecular weight excluding hydrogens is 382 g/mol. The van der Waals surface area contributed by atoms with Gasteiger partial charge in [-0.15, -0.1) is 0 Å².